The second-order valence-corrected chi connectivity index (χ2v) is 6.09. The van der Waals surface area contributed by atoms with Crippen molar-refractivity contribution in [2.75, 3.05) is 0 Å². The van der Waals surface area contributed by atoms with Crippen LogP contribution in [0.3, 0.4) is 0 Å². The Labute approximate surface area is 99.5 Å². The van der Waals surface area contributed by atoms with Crippen LogP contribution >= 0.6 is 0 Å². The molecule has 0 aromatic heterocycles. The van der Waals surface area contributed by atoms with Crippen molar-refractivity contribution < 1.29 is 5.11 Å². The summed E-state index contributed by atoms with van der Waals surface area (Å²) in [4.78, 5) is 0. The molecule has 0 heterocycles. The Morgan fingerprint density at radius 2 is 1.56 bits per heavy atom. The van der Waals surface area contributed by atoms with Gasteiger partial charge in [-0.3, -0.25) is 0 Å². The summed E-state index contributed by atoms with van der Waals surface area (Å²) in [6, 6.07) is 7.59. The fourth-order valence-corrected chi connectivity index (χ4v) is 2.43. The van der Waals surface area contributed by atoms with Gasteiger partial charge in [0.2, 0.25) is 0 Å². The molecule has 1 nitrogen and oxygen atoms in total. The summed E-state index contributed by atoms with van der Waals surface area (Å²) >= 11 is 0. The fraction of sp³-hybridized carbons (Fsp3) is 0.600. The van der Waals surface area contributed by atoms with Gasteiger partial charge < -0.3 is 5.11 Å². The highest BCUT2D eigenvalue weighted by Crippen LogP contribution is 2.34. The van der Waals surface area contributed by atoms with Gasteiger partial charge in [-0.25, -0.2) is 0 Å². The lowest BCUT2D eigenvalue weighted by atomic mass is 9.71. The Morgan fingerprint density at radius 3 is 1.94 bits per heavy atom. The van der Waals surface area contributed by atoms with E-state index in [0.717, 1.165) is 6.42 Å². The lowest BCUT2D eigenvalue weighted by Gasteiger charge is -2.34. The van der Waals surface area contributed by atoms with Crippen molar-refractivity contribution in [1.82, 2.24) is 0 Å². The number of hydrogen-bond acceptors (Lipinski definition) is 1. The summed E-state index contributed by atoms with van der Waals surface area (Å²) in [5.74, 6) is 1.69. The highest BCUT2D eigenvalue weighted by atomic mass is 16.3. The van der Waals surface area contributed by atoms with E-state index in [9.17, 15) is 5.11 Å². The third-order valence-electron chi connectivity index (χ3n) is 3.31. The van der Waals surface area contributed by atoms with E-state index < -0.39 is 0 Å². The van der Waals surface area contributed by atoms with Crippen LogP contribution in [-0.4, -0.2) is 5.11 Å². The second-order valence-electron chi connectivity index (χ2n) is 6.09. The smallest absolute Gasteiger partial charge is 0.115 e. The molecule has 0 radical (unpaired) electrons. The minimum Gasteiger partial charge on any atom is -0.508 e. The summed E-state index contributed by atoms with van der Waals surface area (Å²) in [6.45, 7) is 11.5. The van der Waals surface area contributed by atoms with E-state index in [1.807, 2.05) is 12.1 Å². The van der Waals surface area contributed by atoms with Crippen molar-refractivity contribution >= 4 is 0 Å². The van der Waals surface area contributed by atoms with Gasteiger partial charge in [0.15, 0.2) is 0 Å². The van der Waals surface area contributed by atoms with Gasteiger partial charge in [-0.2, -0.15) is 0 Å². The van der Waals surface area contributed by atoms with Crippen LogP contribution in [0.2, 0.25) is 0 Å². The Balaban J connectivity index is 2.80. The molecule has 0 amide bonds. The van der Waals surface area contributed by atoms with Crippen molar-refractivity contribution in [2.24, 2.45) is 17.3 Å². The summed E-state index contributed by atoms with van der Waals surface area (Å²) in [5, 5.41) is 9.26. The predicted molar refractivity (Wildman–Crippen MR) is 69.6 cm³/mol. The highest BCUT2D eigenvalue weighted by molar-refractivity contribution is 5.26. The number of rotatable bonds is 3. The summed E-state index contributed by atoms with van der Waals surface area (Å²) in [6.07, 6.45) is 1.08. The van der Waals surface area contributed by atoms with Gasteiger partial charge in [0.25, 0.3) is 0 Å². The van der Waals surface area contributed by atoms with E-state index in [4.69, 9.17) is 0 Å². The number of aromatic hydroxyl groups is 1. The van der Waals surface area contributed by atoms with Gasteiger partial charge in [-0.15, -0.1) is 0 Å². The first kappa shape index (κ1) is 13.1. The fourth-order valence-electron chi connectivity index (χ4n) is 2.43. The average molecular weight is 220 g/mol. The molecule has 0 saturated heterocycles. The highest BCUT2D eigenvalue weighted by Gasteiger charge is 2.27. The Hall–Kier alpha value is -0.980. The van der Waals surface area contributed by atoms with Gasteiger partial charge in [0.05, 0.1) is 0 Å². The van der Waals surface area contributed by atoms with E-state index in [0.29, 0.717) is 23.0 Å². The van der Waals surface area contributed by atoms with Crippen molar-refractivity contribution in [3.63, 3.8) is 0 Å². The van der Waals surface area contributed by atoms with Crippen molar-refractivity contribution in [3.05, 3.63) is 29.8 Å². The molecule has 90 valence electrons. The molecule has 0 aliphatic rings. The standard InChI is InChI=1S/C15H24O/c1-11(2)14(15(3,4)5)10-12-6-8-13(16)9-7-12/h6-9,11,14,16H,10H2,1-5H3. The van der Waals surface area contributed by atoms with Gasteiger partial charge in [-0.1, -0.05) is 46.8 Å². The van der Waals surface area contributed by atoms with Gasteiger partial charge in [0.1, 0.15) is 5.75 Å². The average Bonchev–Trinajstić information content (AvgIpc) is 2.14. The lowest BCUT2D eigenvalue weighted by molar-refractivity contribution is 0.177. The quantitative estimate of drug-likeness (QED) is 0.807. The van der Waals surface area contributed by atoms with Crippen molar-refractivity contribution in [3.8, 4) is 5.75 Å². The number of hydrogen-bond donors (Lipinski definition) is 1. The molecule has 0 aliphatic heterocycles. The monoisotopic (exact) mass is 220 g/mol. The van der Waals surface area contributed by atoms with Crippen LogP contribution < -0.4 is 0 Å². The van der Waals surface area contributed by atoms with Crippen molar-refractivity contribution in [2.45, 2.75) is 41.0 Å². The maximum atomic E-state index is 9.26. The molecule has 0 aliphatic carbocycles. The first-order valence-corrected chi connectivity index (χ1v) is 6.08. The van der Waals surface area contributed by atoms with E-state index in [1.165, 1.54) is 5.56 Å². The van der Waals surface area contributed by atoms with E-state index in [1.54, 1.807) is 12.1 Å². The minimum absolute atomic E-state index is 0.325. The molecule has 1 rings (SSSR count). The molecule has 1 N–H and O–H groups in total. The van der Waals surface area contributed by atoms with Gasteiger partial charge >= 0.3 is 0 Å². The first-order valence-electron chi connectivity index (χ1n) is 6.08. The number of benzene rings is 1. The minimum atomic E-state index is 0.325. The zero-order valence-corrected chi connectivity index (χ0v) is 11.1. The summed E-state index contributed by atoms with van der Waals surface area (Å²) in [5.41, 5.74) is 1.64. The zero-order chi connectivity index (χ0) is 12.3. The zero-order valence-electron chi connectivity index (χ0n) is 11.1. The third-order valence-corrected chi connectivity index (χ3v) is 3.31. The third kappa shape index (κ3) is 3.55. The van der Waals surface area contributed by atoms with E-state index in [-0.39, 0.29) is 0 Å². The van der Waals surface area contributed by atoms with Crippen LogP contribution in [0.15, 0.2) is 24.3 Å². The van der Waals surface area contributed by atoms with E-state index >= 15 is 0 Å². The van der Waals surface area contributed by atoms with Crippen molar-refractivity contribution in [1.29, 1.82) is 0 Å². The lowest BCUT2D eigenvalue weighted by Crippen LogP contribution is -2.27. The molecule has 0 bridgehead atoms. The molecule has 0 saturated carbocycles. The topological polar surface area (TPSA) is 20.2 Å². The molecular formula is C15H24O. The molecule has 16 heavy (non-hydrogen) atoms. The number of phenolic OH excluding ortho intramolecular Hbond substituents is 1. The molecule has 1 unspecified atom stereocenters. The molecule has 1 aromatic rings. The second kappa shape index (κ2) is 4.90. The molecular weight excluding hydrogens is 196 g/mol. The van der Waals surface area contributed by atoms with E-state index in [2.05, 4.69) is 34.6 Å². The molecule has 0 fully saturated rings. The Bertz CT molecular complexity index is 316. The van der Waals surface area contributed by atoms with Crippen LogP contribution in [0.25, 0.3) is 0 Å². The van der Waals surface area contributed by atoms with Crippen LogP contribution in [0.5, 0.6) is 5.75 Å². The number of phenols is 1. The Kier molecular flexibility index (Phi) is 4.01. The predicted octanol–water partition coefficient (Wildman–Crippen LogP) is 4.25. The molecule has 1 heteroatoms. The Morgan fingerprint density at radius 1 is 1.06 bits per heavy atom. The maximum Gasteiger partial charge on any atom is 0.115 e. The van der Waals surface area contributed by atoms with Crippen LogP contribution in [0, 0.1) is 17.3 Å². The SMILES string of the molecule is CC(C)C(Cc1ccc(O)cc1)C(C)(C)C. The van der Waals surface area contributed by atoms with Crippen LogP contribution in [0.4, 0.5) is 0 Å². The van der Waals surface area contributed by atoms with Crippen LogP contribution in [-0.2, 0) is 6.42 Å². The normalized spacial score (nSPS) is 14.1. The van der Waals surface area contributed by atoms with Gasteiger partial charge in [-0.05, 0) is 41.4 Å². The molecule has 1 aromatic carbocycles. The van der Waals surface area contributed by atoms with Gasteiger partial charge in [0, 0.05) is 0 Å². The molecule has 1 atom stereocenters. The largest absolute Gasteiger partial charge is 0.508 e. The van der Waals surface area contributed by atoms with Crippen LogP contribution in [0.1, 0.15) is 40.2 Å². The first-order chi connectivity index (χ1) is 7.30. The summed E-state index contributed by atoms with van der Waals surface area (Å²) < 4.78 is 0. The molecule has 0 spiro atoms. The maximum absolute atomic E-state index is 9.26. The summed E-state index contributed by atoms with van der Waals surface area (Å²) in [7, 11) is 0.